The van der Waals surface area contributed by atoms with Crippen molar-refractivity contribution >= 4 is 0 Å². The molecule has 0 aliphatic rings. The Morgan fingerprint density at radius 2 is 0.556 bits per heavy atom. The van der Waals surface area contributed by atoms with E-state index < -0.39 is 0 Å². The van der Waals surface area contributed by atoms with Crippen molar-refractivity contribution in [3.63, 3.8) is 0 Å². The summed E-state index contributed by atoms with van der Waals surface area (Å²) < 4.78 is 0. The van der Waals surface area contributed by atoms with E-state index in [4.69, 9.17) is 0 Å². The molecule has 0 rings (SSSR count). The van der Waals surface area contributed by atoms with Crippen LogP contribution in [0.1, 0.15) is 13.8 Å². The third-order valence-electron chi connectivity index (χ3n) is 0. The normalized spacial score (nSPS) is 1.33. The van der Waals surface area contributed by atoms with Gasteiger partial charge in [0, 0.05) is 0 Å². The van der Waals surface area contributed by atoms with E-state index in [0.717, 1.165) is 0 Å². The standard InChI is InChI=1S/2C2H5.3O.2Zr/c2*1-2;;;;;/h2*1H2,2H3;;;;;/q2*-1;3*-2;2*+4. The van der Waals surface area contributed by atoms with E-state index in [9.17, 15) is 0 Å². The fourth-order valence-corrected chi connectivity index (χ4v) is 0. The quantitative estimate of drug-likeness (QED) is 0.602. The summed E-state index contributed by atoms with van der Waals surface area (Å²) in [6, 6.07) is 0. The topological polar surface area (TPSA) is 85.5 Å². The van der Waals surface area contributed by atoms with Gasteiger partial charge in [-0.3, -0.25) is 0 Å². The molecule has 52 valence electrons. The fourth-order valence-electron chi connectivity index (χ4n) is 0. The first-order valence-corrected chi connectivity index (χ1v) is 1.41. The van der Waals surface area contributed by atoms with Gasteiger partial charge in [-0.1, -0.05) is 0 Å². The molecule has 0 atom stereocenters. The predicted molar refractivity (Wildman–Crippen MR) is 24.1 cm³/mol. The van der Waals surface area contributed by atoms with Crippen molar-refractivity contribution in [1.29, 1.82) is 0 Å². The molecule has 0 heterocycles. The molecule has 5 heteroatoms. The van der Waals surface area contributed by atoms with Gasteiger partial charge in [0.05, 0.1) is 0 Å². The Morgan fingerprint density at radius 1 is 0.556 bits per heavy atom. The van der Waals surface area contributed by atoms with Gasteiger partial charge in [-0.2, -0.15) is 13.8 Å². The van der Waals surface area contributed by atoms with Crippen molar-refractivity contribution in [1.82, 2.24) is 0 Å². The van der Waals surface area contributed by atoms with E-state index in [0.29, 0.717) is 0 Å². The molecule has 0 aromatic carbocycles. The van der Waals surface area contributed by atoms with E-state index in [1.54, 1.807) is 13.8 Å². The Bertz CT molecular complexity index is 13.8. The van der Waals surface area contributed by atoms with Gasteiger partial charge < -0.3 is 30.3 Å². The van der Waals surface area contributed by atoms with Crippen molar-refractivity contribution in [3.8, 4) is 0 Å². The van der Waals surface area contributed by atoms with Crippen molar-refractivity contribution in [2.45, 2.75) is 13.8 Å². The van der Waals surface area contributed by atoms with Crippen LogP contribution in [0.15, 0.2) is 0 Å². The average molecular weight is 289 g/mol. The Balaban J connectivity index is -0.00000000114. The third kappa shape index (κ3) is 208. The van der Waals surface area contributed by atoms with Gasteiger partial charge >= 0.3 is 52.4 Å². The summed E-state index contributed by atoms with van der Waals surface area (Å²) in [7, 11) is 0. The smallest absolute Gasteiger partial charge is 2.00 e. The van der Waals surface area contributed by atoms with Crippen LogP contribution < -0.4 is 0 Å². The second-order valence-corrected chi connectivity index (χ2v) is 0. The fraction of sp³-hybridized carbons (Fsp3) is 0.500. The molecule has 0 radical (unpaired) electrons. The van der Waals surface area contributed by atoms with Crippen molar-refractivity contribution < 1.29 is 68.8 Å². The molecule has 0 fully saturated rings. The summed E-state index contributed by atoms with van der Waals surface area (Å²) in [5.41, 5.74) is 0. The van der Waals surface area contributed by atoms with Gasteiger partial charge in [0.1, 0.15) is 0 Å². The summed E-state index contributed by atoms with van der Waals surface area (Å²) in [6.45, 7) is 10.0. The molecule has 0 aromatic heterocycles. The van der Waals surface area contributed by atoms with Crippen LogP contribution in [0.25, 0.3) is 0 Å². The minimum atomic E-state index is 0. The Labute approximate surface area is 95.8 Å². The molecule has 0 saturated carbocycles. The number of hydrogen-bond donors (Lipinski definition) is 0. The minimum Gasteiger partial charge on any atom is -2.00 e. The molecule has 0 aromatic rings. The maximum Gasteiger partial charge on any atom is 4.00 e. The van der Waals surface area contributed by atoms with E-state index >= 15 is 0 Å². The second-order valence-electron chi connectivity index (χ2n) is 0. The molecule has 0 aliphatic carbocycles. The molecule has 0 N–H and O–H groups in total. The van der Waals surface area contributed by atoms with Crippen molar-refractivity contribution in [2.75, 3.05) is 0 Å². The first-order valence-electron chi connectivity index (χ1n) is 1.41. The molecule has 0 amide bonds. The second kappa shape index (κ2) is 266. The largest absolute Gasteiger partial charge is 4.00 e. The first kappa shape index (κ1) is 74.5. The summed E-state index contributed by atoms with van der Waals surface area (Å²) in [6.07, 6.45) is 0. The molecule has 0 saturated heterocycles. The van der Waals surface area contributed by atoms with Crippen LogP contribution in [0.4, 0.5) is 0 Å². The van der Waals surface area contributed by atoms with Crippen LogP contribution in [0, 0.1) is 13.8 Å². The number of hydrogen-bond acceptors (Lipinski definition) is 0. The molecule has 0 bridgehead atoms. The zero-order chi connectivity index (χ0) is 4.00. The van der Waals surface area contributed by atoms with Crippen molar-refractivity contribution in [2.24, 2.45) is 0 Å². The van der Waals surface area contributed by atoms with Gasteiger partial charge in [0.2, 0.25) is 0 Å². The van der Waals surface area contributed by atoms with Crippen LogP contribution >= 0.6 is 0 Å². The molecule has 9 heavy (non-hydrogen) atoms. The molecular weight excluding hydrogens is 278 g/mol. The van der Waals surface area contributed by atoms with E-state index in [1.807, 2.05) is 0 Å². The van der Waals surface area contributed by atoms with Crippen LogP contribution in [-0.4, -0.2) is 0 Å². The van der Waals surface area contributed by atoms with Crippen LogP contribution in [-0.2, 0) is 68.8 Å². The van der Waals surface area contributed by atoms with E-state index in [1.165, 1.54) is 0 Å². The van der Waals surface area contributed by atoms with Gasteiger partial charge in [-0.25, -0.2) is 0 Å². The minimum absolute atomic E-state index is 0. The van der Waals surface area contributed by atoms with Crippen LogP contribution in [0.2, 0.25) is 0 Å². The molecule has 0 spiro atoms. The van der Waals surface area contributed by atoms with Gasteiger partial charge in [0.15, 0.2) is 0 Å². The molecule has 0 unspecified atom stereocenters. The predicted octanol–water partition coefficient (Wildman–Crippen LogP) is 1.32. The Morgan fingerprint density at radius 3 is 0.556 bits per heavy atom. The van der Waals surface area contributed by atoms with Crippen LogP contribution in [0.3, 0.4) is 0 Å². The summed E-state index contributed by atoms with van der Waals surface area (Å²) in [5, 5.41) is 0. The summed E-state index contributed by atoms with van der Waals surface area (Å²) in [5.74, 6) is 0. The van der Waals surface area contributed by atoms with Gasteiger partial charge in [-0.05, 0) is 0 Å². The van der Waals surface area contributed by atoms with Gasteiger partial charge in [-0.15, -0.1) is 0 Å². The van der Waals surface area contributed by atoms with Gasteiger partial charge in [0.25, 0.3) is 0 Å². The maximum absolute atomic E-state index is 3.25. The third-order valence-corrected chi connectivity index (χ3v) is 0. The van der Waals surface area contributed by atoms with E-state index in [-0.39, 0.29) is 68.8 Å². The molecule has 3 nitrogen and oxygen atoms in total. The zero-order valence-electron chi connectivity index (χ0n) is 5.64. The monoisotopic (exact) mass is 286 g/mol. The Hall–Kier alpha value is 1.65. The SMILES string of the molecule is [CH2-]C.[CH2-]C.[O-2].[O-2].[O-2].[Zr+4].[Zr+4]. The van der Waals surface area contributed by atoms with E-state index in [2.05, 4.69) is 13.8 Å². The maximum atomic E-state index is 3.25. The molecule has 0 aliphatic heterocycles. The summed E-state index contributed by atoms with van der Waals surface area (Å²) in [4.78, 5) is 0. The first-order chi connectivity index (χ1) is 2.00. The van der Waals surface area contributed by atoms with Crippen LogP contribution in [0.5, 0.6) is 0 Å². The van der Waals surface area contributed by atoms with Crippen molar-refractivity contribution in [3.05, 3.63) is 13.8 Å². The zero-order valence-corrected chi connectivity index (χ0v) is 10.6. The summed E-state index contributed by atoms with van der Waals surface area (Å²) >= 11 is 0. The molecular formula is C4H10O3Zr2. The Kier molecular flexibility index (Phi) is 2200. The average Bonchev–Trinajstić information content (AvgIpc) is 1.50. The number of rotatable bonds is 0.